The van der Waals surface area contributed by atoms with Crippen LogP contribution >= 0.6 is 11.8 Å². The third-order valence-electron chi connectivity index (χ3n) is 5.16. The van der Waals surface area contributed by atoms with Gasteiger partial charge in [-0.3, -0.25) is 14.5 Å². The lowest BCUT2D eigenvalue weighted by molar-refractivity contribution is -0.135. The lowest BCUT2D eigenvalue weighted by atomic mass is 10.2. The van der Waals surface area contributed by atoms with Gasteiger partial charge in [0.2, 0.25) is 17.6 Å². The molecule has 2 aromatic rings. The number of ether oxygens (including phenoxy) is 1. The monoisotopic (exact) mass is 459 g/mol. The second kappa shape index (κ2) is 11.7. The standard InChI is InChI=1S/C23H29N3O5S/c1-17(27)24-20(16-32-19-7-4-3-5-8-19)22(28)26-12-6-11-25(13-14-26)15-18-9-10-21(31-18)23(29)30-2/h3-5,7-10,20H,6,11-16H2,1-2H3,(H,24,27). The Morgan fingerprint density at radius 3 is 2.59 bits per heavy atom. The minimum Gasteiger partial charge on any atom is -0.463 e. The molecule has 32 heavy (non-hydrogen) atoms. The van der Waals surface area contributed by atoms with E-state index in [2.05, 4.69) is 15.0 Å². The number of carbonyl (C=O) groups is 3. The van der Waals surface area contributed by atoms with Gasteiger partial charge in [0.1, 0.15) is 11.8 Å². The average molecular weight is 460 g/mol. The van der Waals surface area contributed by atoms with E-state index in [1.54, 1.807) is 23.9 Å². The zero-order valence-electron chi connectivity index (χ0n) is 18.4. The van der Waals surface area contributed by atoms with Gasteiger partial charge in [0.15, 0.2) is 0 Å². The minimum absolute atomic E-state index is 0.0588. The number of nitrogens with zero attached hydrogens (tertiary/aromatic N) is 2. The number of thioether (sulfide) groups is 1. The summed E-state index contributed by atoms with van der Waals surface area (Å²) in [4.78, 5) is 41.5. The number of rotatable bonds is 8. The lowest BCUT2D eigenvalue weighted by Gasteiger charge is -2.26. The van der Waals surface area contributed by atoms with Crippen LogP contribution in [0.4, 0.5) is 0 Å². The van der Waals surface area contributed by atoms with Gasteiger partial charge in [-0.1, -0.05) is 18.2 Å². The molecule has 8 nitrogen and oxygen atoms in total. The maximum atomic E-state index is 13.2. The highest BCUT2D eigenvalue weighted by Gasteiger charge is 2.27. The Morgan fingerprint density at radius 2 is 1.88 bits per heavy atom. The van der Waals surface area contributed by atoms with Crippen LogP contribution in [-0.2, 0) is 20.9 Å². The zero-order chi connectivity index (χ0) is 22.9. The van der Waals surface area contributed by atoms with Crippen LogP contribution in [0.3, 0.4) is 0 Å². The highest BCUT2D eigenvalue weighted by atomic mass is 32.2. The van der Waals surface area contributed by atoms with Crippen molar-refractivity contribution in [3.8, 4) is 0 Å². The third kappa shape index (κ3) is 6.86. The summed E-state index contributed by atoms with van der Waals surface area (Å²) in [6.45, 7) is 4.67. The Hall–Kier alpha value is -2.78. The summed E-state index contributed by atoms with van der Waals surface area (Å²) < 4.78 is 10.2. The van der Waals surface area contributed by atoms with Crippen LogP contribution in [-0.4, -0.2) is 72.7 Å². The van der Waals surface area contributed by atoms with E-state index >= 15 is 0 Å². The van der Waals surface area contributed by atoms with Crippen LogP contribution in [0.2, 0.25) is 0 Å². The molecule has 2 amide bonds. The summed E-state index contributed by atoms with van der Waals surface area (Å²) in [5, 5.41) is 2.81. The summed E-state index contributed by atoms with van der Waals surface area (Å²) in [5.74, 6) is 0.569. The van der Waals surface area contributed by atoms with E-state index in [-0.39, 0.29) is 17.6 Å². The van der Waals surface area contributed by atoms with Crippen LogP contribution in [0.5, 0.6) is 0 Å². The number of hydrogen-bond donors (Lipinski definition) is 1. The molecule has 2 heterocycles. The van der Waals surface area contributed by atoms with E-state index in [1.165, 1.54) is 14.0 Å². The molecular weight excluding hydrogens is 430 g/mol. The van der Waals surface area contributed by atoms with Gasteiger partial charge in [0, 0.05) is 43.8 Å². The number of furan rings is 1. The highest BCUT2D eigenvalue weighted by Crippen LogP contribution is 2.19. The number of nitrogens with one attached hydrogen (secondary N) is 1. The molecule has 3 rings (SSSR count). The van der Waals surface area contributed by atoms with Crippen molar-refractivity contribution < 1.29 is 23.5 Å². The summed E-state index contributed by atoms with van der Waals surface area (Å²) in [6.07, 6.45) is 0.814. The van der Waals surface area contributed by atoms with Crippen molar-refractivity contribution in [1.29, 1.82) is 0 Å². The van der Waals surface area contributed by atoms with Crippen LogP contribution in [0, 0.1) is 0 Å². The van der Waals surface area contributed by atoms with Crippen LogP contribution < -0.4 is 5.32 Å². The molecule has 172 valence electrons. The Morgan fingerprint density at radius 1 is 1.09 bits per heavy atom. The van der Waals surface area contributed by atoms with E-state index in [0.717, 1.165) is 17.9 Å². The largest absolute Gasteiger partial charge is 0.463 e. The number of carbonyl (C=O) groups excluding carboxylic acids is 3. The first-order valence-corrected chi connectivity index (χ1v) is 11.6. The molecule has 0 radical (unpaired) electrons. The molecule has 1 aliphatic rings. The fraction of sp³-hybridized carbons (Fsp3) is 0.435. The van der Waals surface area contributed by atoms with Gasteiger partial charge in [-0.15, -0.1) is 11.8 Å². The molecule has 1 aromatic carbocycles. The molecule has 1 unspecified atom stereocenters. The average Bonchev–Trinajstić information content (AvgIpc) is 3.14. The zero-order valence-corrected chi connectivity index (χ0v) is 19.2. The first kappa shape index (κ1) is 23.9. The summed E-state index contributed by atoms with van der Waals surface area (Å²) >= 11 is 1.55. The van der Waals surface area contributed by atoms with Crippen molar-refractivity contribution in [2.75, 3.05) is 39.0 Å². The van der Waals surface area contributed by atoms with Crippen molar-refractivity contribution in [2.24, 2.45) is 0 Å². The highest BCUT2D eigenvalue weighted by molar-refractivity contribution is 7.99. The van der Waals surface area contributed by atoms with Gasteiger partial charge in [-0.25, -0.2) is 4.79 Å². The molecule has 0 aliphatic carbocycles. The Bertz CT molecular complexity index is 917. The quantitative estimate of drug-likeness (QED) is 0.479. The second-order valence-corrected chi connectivity index (χ2v) is 8.68. The van der Waals surface area contributed by atoms with Gasteiger partial charge in [0.05, 0.1) is 13.7 Å². The Labute approximate surface area is 192 Å². The van der Waals surface area contributed by atoms with E-state index in [0.29, 0.717) is 37.7 Å². The Balaban J connectivity index is 1.56. The molecule has 9 heteroatoms. The fourth-order valence-electron chi connectivity index (χ4n) is 3.58. The minimum atomic E-state index is -0.572. The van der Waals surface area contributed by atoms with Gasteiger partial charge in [0.25, 0.3) is 0 Å². The van der Waals surface area contributed by atoms with Gasteiger partial charge in [-0.05, 0) is 30.7 Å². The topological polar surface area (TPSA) is 92.1 Å². The number of amides is 2. The smallest absolute Gasteiger partial charge is 0.373 e. The lowest BCUT2D eigenvalue weighted by Crippen LogP contribution is -2.50. The molecule has 1 fully saturated rings. The van der Waals surface area contributed by atoms with Gasteiger partial charge < -0.3 is 19.4 Å². The predicted octanol–water partition coefficient (Wildman–Crippen LogP) is 2.40. The van der Waals surface area contributed by atoms with Crippen molar-refractivity contribution in [2.45, 2.75) is 30.8 Å². The third-order valence-corrected chi connectivity index (χ3v) is 6.27. The second-order valence-electron chi connectivity index (χ2n) is 7.59. The number of hydrogen-bond acceptors (Lipinski definition) is 7. The van der Waals surface area contributed by atoms with E-state index < -0.39 is 12.0 Å². The molecular formula is C23H29N3O5S. The first-order chi connectivity index (χ1) is 15.5. The van der Waals surface area contributed by atoms with Crippen molar-refractivity contribution in [3.63, 3.8) is 0 Å². The maximum Gasteiger partial charge on any atom is 0.373 e. The maximum absolute atomic E-state index is 13.2. The summed E-state index contributed by atoms with van der Waals surface area (Å²) in [5.41, 5.74) is 0. The molecule has 1 atom stereocenters. The normalized spacial score (nSPS) is 15.6. The number of esters is 1. The number of methoxy groups -OCH3 is 1. The molecule has 1 saturated heterocycles. The molecule has 0 spiro atoms. The van der Waals surface area contributed by atoms with Crippen LogP contribution in [0.15, 0.2) is 51.8 Å². The molecule has 1 N–H and O–H groups in total. The van der Waals surface area contributed by atoms with E-state index in [4.69, 9.17) is 4.42 Å². The van der Waals surface area contributed by atoms with Crippen LogP contribution in [0.1, 0.15) is 29.7 Å². The molecule has 0 bridgehead atoms. The number of benzene rings is 1. The molecule has 0 saturated carbocycles. The van der Waals surface area contributed by atoms with E-state index in [1.807, 2.05) is 35.2 Å². The van der Waals surface area contributed by atoms with Gasteiger partial charge >= 0.3 is 5.97 Å². The van der Waals surface area contributed by atoms with Crippen molar-refractivity contribution in [1.82, 2.24) is 15.1 Å². The summed E-state index contributed by atoms with van der Waals surface area (Å²) in [6, 6.07) is 12.6. The SMILES string of the molecule is COC(=O)c1ccc(CN2CCCN(C(=O)C(CSc3ccccc3)NC(C)=O)CC2)o1. The van der Waals surface area contributed by atoms with E-state index in [9.17, 15) is 14.4 Å². The van der Waals surface area contributed by atoms with Crippen molar-refractivity contribution >= 4 is 29.5 Å². The summed E-state index contributed by atoms with van der Waals surface area (Å²) in [7, 11) is 1.32. The fourth-order valence-corrected chi connectivity index (χ4v) is 4.51. The van der Waals surface area contributed by atoms with Gasteiger partial charge in [-0.2, -0.15) is 0 Å². The molecule has 1 aliphatic heterocycles. The molecule has 1 aromatic heterocycles. The van der Waals surface area contributed by atoms with Crippen molar-refractivity contribution in [3.05, 3.63) is 54.0 Å². The Kier molecular flexibility index (Phi) is 8.75. The predicted molar refractivity (Wildman–Crippen MR) is 121 cm³/mol. The van der Waals surface area contributed by atoms with Crippen LogP contribution in [0.25, 0.3) is 0 Å². The first-order valence-electron chi connectivity index (χ1n) is 10.6.